The average molecular weight is 366 g/mol. The Morgan fingerprint density at radius 2 is 1.92 bits per heavy atom. The van der Waals surface area contributed by atoms with Crippen LogP contribution in [0.25, 0.3) is 0 Å². The van der Waals surface area contributed by atoms with Crippen LogP contribution in [0, 0.1) is 5.82 Å². The molecule has 0 aromatic carbocycles. The summed E-state index contributed by atoms with van der Waals surface area (Å²) in [4.78, 5) is 40.5. The number of amides is 4. The molecule has 1 aliphatic heterocycles. The van der Waals surface area contributed by atoms with Crippen LogP contribution in [-0.2, 0) is 4.74 Å². The van der Waals surface area contributed by atoms with E-state index in [4.69, 9.17) is 10.5 Å². The van der Waals surface area contributed by atoms with Gasteiger partial charge in [0.25, 0.3) is 5.91 Å². The first-order valence-corrected chi connectivity index (χ1v) is 8.31. The number of rotatable bonds is 2. The van der Waals surface area contributed by atoms with Gasteiger partial charge in [-0.2, -0.15) is 0 Å². The minimum Gasteiger partial charge on any atom is -0.444 e. The molecule has 0 spiro atoms. The zero-order chi connectivity index (χ0) is 19.5. The molecule has 2 heterocycles. The smallest absolute Gasteiger partial charge is 0.410 e. The quantitative estimate of drug-likeness (QED) is 0.832. The van der Waals surface area contributed by atoms with E-state index in [1.54, 1.807) is 25.7 Å². The van der Waals surface area contributed by atoms with Gasteiger partial charge in [-0.1, -0.05) is 0 Å². The number of halogens is 1. The maximum atomic E-state index is 13.6. The number of carbonyl (C=O) groups excluding carboxylic acids is 3. The monoisotopic (exact) mass is 366 g/mol. The maximum Gasteiger partial charge on any atom is 0.410 e. The van der Waals surface area contributed by atoms with Gasteiger partial charge in [-0.3, -0.25) is 10.1 Å². The van der Waals surface area contributed by atoms with Gasteiger partial charge in [0.15, 0.2) is 0 Å². The second kappa shape index (κ2) is 7.67. The SMILES string of the molecule is CC(C)(C)OC(=O)N1CCC(c2cc(F)cnc2C(=O)NC(N)=O)CC1. The van der Waals surface area contributed by atoms with Crippen molar-refractivity contribution in [2.45, 2.75) is 45.1 Å². The number of primary amides is 1. The number of hydrogen-bond donors (Lipinski definition) is 2. The number of nitrogens with two attached hydrogens (primary N) is 1. The lowest BCUT2D eigenvalue weighted by atomic mass is 9.88. The Hall–Kier alpha value is -2.71. The van der Waals surface area contributed by atoms with Crippen LogP contribution in [0.15, 0.2) is 12.3 Å². The van der Waals surface area contributed by atoms with Crippen LogP contribution < -0.4 is 11.1 Å². The van der Waals surface area contributed by atoms with E-state index in [0.29, 0.717) is 31.5 Å². The zero-order valence-corrected chi connectivity index (χ0v) is 15.0. The van der Waals surface area contributed by atoms with Gasteiger partial charge in [-0.05, 0) is 51.2 Å². The third-order valence-corrected chi connectivity index (χ3v) is 3.92. The van der Waals surface area contributed by atoms with Crippen molar-refractivity contribution in [2.75, 3.05) is 13.1 Å². The lowest BCUT2D eigenvalue weighted by Crippen LogP contribution is -2.41. The van der Waals surface area contributed by atoms with Gasteiger partial charge in [-0.15, -0.1) is 0 Å². The molecule has 0 atom stereocenters. The summed E-state index contributed by atoms with van der Waals surface area (Å²) in [5.41, 5.74) is 4.73. The van der Waals surface area contributed by atoms with Crippen LogP contribution in [0.2, 0.25) is 0 Å². The fourth-order valence-corrected chi connectivity index (χ4v) is 2.83. The van der Waals surface area contributed by atoms with Crippen molar-refractivity contribution in [3.63, 3.8) is 0 Å². The molecule has 0 saturated carbocycles. The standard InChI is InChI=1S/C17H23FN4O4/c1-17(2,3)26-16(25)22-6-4-10(5-7-22)12-8-11(18)9-20-13(12)14(23)21-15(19)24/h8-10H,4-7H2,1-3H3,(H3,19,21,23,24). The lowest BCUT2D eigenvalue weighted by Gasteiger charge is -2.33. The maximum absolute atomic E-state index is 13.6. The summed E-state index contributed by atoms with van der Waals surface area (Å²) in [7, 11) is 0. The Labute approximate surface area is 150 Å². The zero-order valence-electron chi connectivity index (χ0n) is 15.0. The molecule has 1 saturated heterocycles. The van der Waals surface area contributed by atoms with Gasteiger partial charge in [0, 0.05) is 13.1 Å². The molecule has 0 unspecified atom stereocenters. The Bertz CT molecular complexity index is 709. The van der Waals surface area contributed by atoms with Crippen molar-refractivity contribution < 1.29 is 23.5 Å². The van der Waals surface area contributed by atoms with Crippen LogP contribution in [-0.4, -0.2) is 46.6 Å². The minimum absolute atomic E-state index is 0.0408. The van der Waals surface area contributed by atoms with Crippen LogP contribution in [0.3, 0.4) is 0 Å². The molecule has 4 amide bonds. The number of aromatic nitrogens is 1. The summed E-state index contributed by atoms with van der Waals surface area (Å²) in [6.45, 7) is 6.19. The Kier molecular flexibility index (Phi) is 5.79. The number of hydrogen-bond acceptors (Lipinski definition) is 5. The summed E-state index contributed by atoms with van der Waals surface area (Å²) < 4.78 is 19.0. The predicted octanol–water partition coefficient (Wildman–Crippen LogP) is 2.14. The number of urea groups is 1. The highest BCUT2D eigenvalue weighted by molar-refractivity contribution is 6.03. The summed E-state index contributed by atoms with van der Waals surface area (Å²) >= 11 is 0. The van der Waals surface area contributed by atoms with Crippen LogP contribution in [0.4, 0.5) is 14.0 Å². The molecule has 3 N–H and O–H groups in total. The van der Waals surface area contributed by atoms with Gasteiger partial charge in [0.2, 0.25) is 0 Å². The molecule has 0 aliphatic carbocycles. The van der Waals surface area contributed by atoms with E-state index >= 15 is 0 Å². The number of carbonyl (C=O) groups is 3. The first-order valence-electron chi connectivity index (χ1n) is 8.31. The van der Waals surface area contributed by atoms with Crippen molar-refractivity contribution in [3.8, 4) is 0 Å². The van der Waals surface area contributed by atoms with Gasteiger partial charge < -0.3 is 15.4 Å². The van der Waals surface area contributed by atoms with Gasteiger partial charge in [0.05, 0.1) is 6.20 Å². The third-order valence-electron chi connectivity index (χ3n) is 3.92. The Balaban J connectivity index is 2.11. The van der Waals surface area contributed by atoms with Crippen molar-refractivity contribution in [3.05, 3.63) is 29.3 Å². The number of nitrogens with zero attached hydrogens (tertiary/aromatic N) is 2. The van der Waals surface area contributed by atoms with Gasteiger partial charge in [0.1, 0.15) is 17.1 Å². The molecule has 1 aliphatic rings. The Morgan fingerprint density at radius 3 is 2.46 bits per heavy atom. The predicted molar refractivity (Wildman–Crippen MR) is 91.0 cm³/mol. The highest BCUT2D eigenvalue weighted by Crippen LogP contribution is 2.30. The van der Waals surface area contributed by atoms with Gasteiger partial charge >= 0.3 is 12.1 Å². The van der Waals surface area contributed by atoms with E-state index in [2.05, 4.69) is 4.98 Å². The van der Waals surface area contributed by atoms with Crippen LogP contribution in [0.5, 0.6) is 0 Å². The van der Waals surface area contributed by atoms with E-state index in [-0.39, 0.29) is 11.6 Å². The fourth-order valence-electron chi connectivity index (χ4n) is 2.83. The summed E-state index contributed by atoms with van der Waals surface area (Å²) in [6.07, 6.45) is 1.54. The third kappa shape index (κ3) is 5.14. The molecule has 0 radical (unpaired) electrons. The van der Waals surface area contributed by atoms with Crippen molar-refractivity contribution >= 4 is 18.0 Å². The molecule has 9 heteroatoms. The van der Waals surface area contributed by atoms with E-state index in [0.717, 1.165) is 6.20 Å². The second-order valence-electron chi connectivity index (χ2n) is 7.15. The van der Waals surface area contributed by atoms with Crippen molar-refractivity contribution in [2.24, 2.45) is 5.73 Å². The van der Waals surface area contributed by atoms with Crippen LogP contribution >= 0.6 is 0 Å². The van der Waals surface area contributed by atoms with E-state index in [9.17, 15) is 18.8 Å². The number of likely N-dealkylation sites (tertiary alicyclic amines) is 1. The normalized spacial score (nSPS) is 15.5. The summed E-state index contributed by atoms with van der Waals surface area (Å²) in [5, 5.41) is 1.94. The number of nitrogens with one attached hydrogen (secondary N) is 1. The molecule has 1 aromatic heterocycles. The molecule has 1 fully saturated rings. The van der Waals surface area contributed by atoms with Crippen LogP contribution in [0.1, 0.15) is 55.6 Å². The molecule has 1 aromatic rings. The number of pyridine rings is 1. The molecule has 2 rings (SSSR count). The second-order valence-corrected chi connectivity index (χ2v) is 7.15. The van der Waals surface area contributed by atoms with E-state index in [1.165, 1.54) is 6.07 Å². The summed E-state index contributed by atoms with van der Waals surface area (Å²) in [5.74, 6) is -1.53. The number of imide groups is 1. The van der Waals surface area contributed by atoms with Gasteiger partial charge in [-0.25, -0.2) is 19.0 Å². The molecule has 26 heavy (non-hydrogen) atoms. The topological polar surface area (TPSA) is 115 Å². The fraction of sp³-hybridized carbons (Fsp3) is 0.529. The lowest BCUT2D eigenvalue weighted by molar-refractivity contribution is 0.0204. The molecule has 8 nitrogen and oxygen atoms in total. The molecular formula is C17H23FN4O4. The highest BCUT2D eigenvalue weighted by Gasteiger charge is 2.30. The van der Waals surface area contributed by atoms with E-state index < -0.39 is 29.4 Å². The number of ether oxygens (including phenoxy) is 1. The molecule has 142 valence electrons. The average Bonchev–Trinajstić information content (AvgIpc) is 2.52. The van der Waals surface area contributed by atoms with Crippen molar-refractivity contribution in [1.29, 1.82) is 0 Å². The highest BCUT2D eigenvalue weighted by atomic mass is 19.1. The summed E-state index contributed by atoms with van der Waals surface area (Å²) in [6, 6.07) is 0.225. The molecular weight excluding hydrogens is 343 g/mol. The van der Waals surface area contributed by atoms with E-state index in [1.807, 2.05) is 5.32 Å². The minimum atomic E-state index is -1.01. The largest absolute Gasteiger partial charge is 0.444 e. The Morgan fingerprint density at radius 1 is 1.31 bits per heavy atom. The van der Waals surface area contributed by atoms with Crippen molar-refractivity contribution in [1.82, 2.24) is 15.2 Å². The molecule has 0 bridgehead atoms. The number of piperidine rings is 1. The first kappa shape index (κ1) is 19.6. The first-order chi connectivity index (χ1) is 12.1.